The van der Waals surface area contributed by atoms with E-state index in [2.05, 4.69) is 66.7 Å². The lowest BCUT2D eigenvalue weighted by molar-refractivity contribution is 0.133. The Morgan fingerprint density at radius 1 is 0.900 bits per heavy atom. The zero-order valence-corrected chi connectivity index (χ0v) is 12.9. The molecule has 2 aromatic carbocycles. The number of hydrogen-bond acceptors (Lipinski definition) is 1. The van der Waals surface area contributed by atoms with Gasteiger partial charge < -0.3 is 5.11 Å². The van der Waals surface area contributed by atoms with Gasteiger partial charge >= 0.3 is 0 Å². The van der Waals surface area contributed by atoms with E-state index >= 15 is 0 Å². The molecule has 20 heavy (non-hydrogen) atoms. The Morgan fingerprint density at radius 2 is 1.35 bits per heavy atom. The minimum Gasteiger partial charge on any atom is -0.386 e. The maximum atomic E-state index is 9.79. The van der Waals surface area contributed by atoms with E-state index in [0.717, 1.165) is 6.16 Å². The number of hydrogen-bond donors (Lipinski definition) is 1. The number of allylic oxidation sites excluding steroid dienone is 1. The summed E-state index contributed by atoms with van der Waals surface area (Å²) in [6.45, 7) is 3.60. The lowest BCUT2D eigenvalue weighted by Crippen LogP contribution is -2.16. The van der Waals surface area contributed by atoms with Crippen molar-refractivity contribution in [1.29, 1.82) is 0 Å². The third-order valence-corrected chi connectivity index (χ3v) is 5.37. The molecule has 0 atom stereocenters. The lowest BCUT2D eigenvalue weighted by Gasteiger charge is -2.18. The van der Waals surface area contributed by atoms with Crippen molar-refractivity contribution in [3.8, 4) is 0 Å². The molecule has 0 aliphatic carbocycles. The largest absolute Gasteiger partial charge is 0.386 e. The highest BCUT2D eigenvalue weighted by Gasteiger charge is 2.12. The zero-order valence-electron chi connectivity index (χ0n) is 12.0. The van der Waals surface area contributed by atoms with Gasteiger partial charge in [-0.15, -0.1) is 0 Å². The highest BCUT2D eigenvalue weighted by atomic mass is 31.1. The third kappa shape index (κ3) is 4.59. The van der Waals surface area contributed by atoms with E-state index in [1.165, 1.54) is 10.6 Å². The quantitative estimate of drug-likeness (QED) is 0.658. The van der Waals surface area contributed by atoms with Gasteiger partial charge in [0.2, 0.25) is 0 Å². The van der Waals surface area contributed by atoms with E-state index in [-0.39, 0.29) is 0 Å². The van der Waals surface area contributed by atoms with E-state index in [1.807, 2.05) is 6.08 Å². The highest BCUT2D eigenvalue weighted by Crippen LogP contribution is 2.33. The van der Waals surface area contributed by atoms with E-state index in [0.29, 0.717) is 0 Å². The Labute approximate surface area is 122 Å². The molecule has 0 spiro atoms. The van der Waals surface area contributed by atoms with Crippen molar-refractivity contribution in [1.82, 2.24) is 0 Å². The molecule has 0 aliphatic rings. The van der Waals surface area contributed by atoms with Gasteiger partial charge in [-0.25, -0.2) is 0 Å². The van der Waals surface area contributed by atoms with E-state index in [9.17, 15) is 5.11 Å². The minimum atomic E-state index is -0.742. The molecule has 2 rings (SSSR count). The lowest BCUT2D eigenvalue weighted by atomic mass is 10.1. The summed E-state index contributed by atoms with van der Waals surface area (Å²) in [5.74, 6) is 0. The Hall–Kier alpha value is -1.43. The van der Waals surface area contributed by atoms with Crippen LogP contribution in [0.5, 0.6) is 0 Å². The summed E-state index contributed by atoms with van der Waals surface area (Å²) < 4.78 is 0. The highest BCUT2D eigenvalue weighted by molar-refractivity contribution is 7.73. The monoisotopic (exact) mass is 284 g/mol. The average Bonchev–Trinajstić information content (AvgIpc) is 2.44. The van der Waals surface area contributed by atoms with Crippen molar-refractivity contribution < 1.29 is 5.11 Å². The van der Waals surface area contributed by atoms with Crippen molar-refractivity contribution in [3.05, 3.63) is 72.8 Å². The molecule has 2 heteroatoms. The van der Waals surface area contributed by atoms with Gasteiger partial charge in [0, 0.05) is 0 Å². The van der Waals surface area contributed by atoms with Gasteiger partial charge in [0.15, 0.2) is 0 Å². The van der Waals surface area contributed by atoms with Gasteiger partial charge in [-0.05, 0) is 38.5 Å². The van der Waals surface area contributed by atoms with Crippen LogP contribution in [0.2, 0.25) is 0 Å². The van der Waals surface area contributed by atoms with Crippen LogP contribution in [0.15, 0.2) is 72.8 Å². The van der Waals surface area contributed by atoms with Crippen LogP contribution in [-0.4, -0.2) is 16.9 Å². The summed E-state index contributed by atoms with van der Waals surface area (Å²) in [7, 11) is -0.402. The number of benzene rings is 2. The maximum absolute atomic E-state index is 9.79. The van der Waals surface area contributed by atoms with Crippen LogP contribution in [0.25, 0.3) is 0 Å². The summed E-state index contributed by atoms with van der Waals surface area (Å²) in [6.07, 6.45) is 4.94. The summed E-state index contributed by atoms with van der Waals surface area (Å²) in [5, 5.41) is 12.5. The van der Waals surface area contributed by atoms with Crippen molar-refractivity contribution in [2.75, 3.05) is 6.16 Å². The van der Waals surface area contributed by atoms with Crippen molar-refractivity contribution in [3.63, 3.8) is 0 Å². The molecule has 0 bridgehead atoms. The molecule has 104 valence electrons. The van der Waals surface area contributed by atoms with E-state index in [4.69, 9.17) is 0 Å². The molecular formula is C18H21OP. The van der Waals surface area contributed by atoms with Crippen LogP contribution in [0.1, 0.15) is 13.8 Å². The van der Waals surface area contributed by atoms with Gasteiger partial charge in [0.05, 0.1) is 5.60 Å². The normalized spacial score (nSPS) is 12.2. The Kier molecular flexibility index (Phi) is 5.11. The average molecular weight is 284 g/mol. The van der Waals surface area contributed by atoms with Gasteiger partial charge in [-0.2, -0.15) is 0 Å². The molecule has 0 unspecified atom stereocenters. The van der Waals surface area contributed by atoms with E-state index < -0.39 is 13.5 Å². The fourth-order valence-corrected chi connectivity index (χ4v) is 4.12. The first kappa shape index (κ1) is 15.0. The summed E-state index contributed by atoms with van der Waals surface area (Å²) in [4.78, 5) is 0. The fraction of sp³-hybridized carbons (Fsp3) is 0.222. The summed E-state index contributed by atoms with van der Waals surface area (Å²) in [5.41, 5.74) is -0.742. The third-order valence-electron chi connectivity index (χ3n) is 2.95. The van der Waals surface area contributed by atoms with Crippen LogP contribution in [0.4, 0.5) is 0 Å². The second-order valence-corrected chi connectivity index (χ2v) is 7.59. The molecule has 1 N–H and O–H groups in total. The topological polar surface area (TPSA) is 20.2 Å². The minimum absolute atomic E-state index is 0.402. The van der Waals surface area contributed by atoms with E-state index in [1.54, 1.807) is 13.8 Å². The summed E-state index contributed by atoms with van der Waals surface area (Å²) in [6, 6.07) is 21.2. The molecule has 1 nitrogen and oxygen atoms in total. The van der Waals surface area contributed by atoms with Crippen molar-refractivity contribution in [2.24, 2.45) is 0 Å². The van der Waals surface area contributed by atoms with Crippen LogP contribution >= 0.6 is 7.92 Å². The predicted octanol–water partition coefficient (Wildman–Crippen LogP) is 3.45. The molecule has 0 aromatic heterocycles. The Balaban J connectivity index is 2.24. The molecule has 0 radical (unpaired) electrons. The Bertz CT molecular complexity index is 501. The number of rotatable bonds is 5. The summed E-state index contributed by atoms with van der Waals surface area (Å²) >= 11 is 0. The first-order valence-electron chi connectivity index (χ1n) is 6.84. The molecule has 0 aliphatic heterocycles. The second kappa shape index (κ2) is 6.83. The Morgan fingerprint density at radius 3 is 1.75 bits per heavy atom. The van der Waals surface area contributed by atoms with Crippen LogP contribution in [0.3, 0.4) is 0 Å². The predicted molar refractivity (Wildman–Crippen MR) is 89.4 cm³/mol. The SMILES string of the molecule is CC(C)(O)/C=C/CP(c1ccccc1)c1ccccc1. The molecular weight excluding hydrogens is 263 g/mol. The first-order chi connectivity index (χ1) is 9.56. The maximum Gasteiger partial charge on any atom is 0.0771 e. The molecule has 0 amide bonds. The standard InChI is InChI=1S/C18H21OP/c1-18(2,19)14-9-15-20(16-10-5-3-6-11-16)17-12-7-4-8-13-17/h3-14,19H,15H2,1-2H3/b14-9+. The van der Waals surface area contributed by atoms with Gasteiger partial charge in [-0.1, -0.05) is 72.8 Å². The number of aliphatic hydroxyl groups is 1. The zero-order chi connectivity index (χ0) is 14.4. The van der Waals surface area contributed by atoms with Crippen LogP contribution < -0.4 is 10.6 Å². The fourth-order valence-electron chi connectivity index (χ4n) is 2.02. The molecule has 0 saturated carbocycles. The second-order valence-electron chi connectivity index (χ2n) is 5.34. The van der Waals surface area contributed by atoms with Crippen LogP contribution in [-0.2, 0) is 0 Å². The van der Waals surface area contributed by atoms with Crippen molar-refractivity contribution >= 4 is 18.5 Å². The molecule has 0 heterocycles. The van der Waals surface area contributed by atoms with Crippen LogP contribution in [0, 0.1) is 0 Å². The smallest absolute Gasteiger partial charge is 0.0771 e. The van der Waals surface area contributed by atoms with Gasteiger partial charge in [-0.3, -0.25) is 0 Å². The molecule has 2 aromatic rings. The first-order valence-corrected chi connectivity index (χ1v) is 8.37. The van der Waals surface area contributed by atoms with Gasteiger partial charge in [0.25, 0.3) is 0 Å². The molecule has 0 saturated heterocycles. The van der Waals surface area contributed by atoms with Crippen molar-refractivity contribution in [2.45, 2.75) is 19.4 Å². The molecule has 0 fully saturated rings. The van der Waals surface area contributed by atoms with Gasteiger partial charge in [0.1, 0.15) is 0 Å².